The van der Waals surface area contributed by atoms with Crippen LogP contribution in [0.5, 0.6) is 5.88 Å². The molecule has 1 aliphatic heterocycles. The number of pyridine rings is 1. The first kappa shape index (κ1) is 19.8. The van der Waals surface area contributed by atoms with E-state index in [1.54, 1.807) is 32.5 Å². The van der Waals surface area contributed by atoms with Crippen LogP contribution in [0, 0.1) is 5.82 Å². The highest BCUT2D eigenvalue weighted by Gasteiger charge is 2.33. The molecule has 0 N–H and O–H groups in total. The van der Waals surface area contributed by atoms with E-state index in [0.717, 1.165) is 16.6 Å². The van der Waals surface area contributed by atoms with Gasteiger partial charge in [0.2, 0.25) is 11.8 Å². The lowest BCUT2D eigenvalue weighted by Gasteiger charge is -2.40. The zero-order valence-corrected chi connectivity index (χ0v) is 17.8. The second-order valence-electron chi connectivity index (χ2n) is 7.35. The predicted molar refractivity (Wildman–Crippen MR) is 115 cm³/mol. The molecule has 10 heteroatoms. The smallest absolute Gasteiger partial charge is 0.232 e. The highest BCUT2D eigenvalue weighted by molar-refractivity contribution is 6.35. The van der Waals surface area contributed by atoms with Gasteiger partial charge in [-0.3, -0.25) is 4.57 Å². The molecule has 4 heterocycles. The summed E-state index contributed by atoms with van der Waals surface area (Å²) in [6.45, 7) is 1.75. The highest BCUT2D eigenvalue weighted by atomic mass is 35.5. The van der Waals surface area contributed by atoms with Crippen LogP contribution in [-0.2, 0) is 11.3 Å². The number of anilines is 1. The summed E-state index contributed by atoms with van der Waals surface area (Å²) in [4.78, 5) is 6.43. The molecule has 1 saturated heterocycles. The number of ether oxygens (including phenoxy) is 2. The van der Waals surface area contributed by atoms with Crippen molar-refractivity contribution in [1.29, 1.82) is 0 Å². The molecule has 3 aromatic heterocycles. The van der Waals surface area contributed by atoms with E-state index in [9.17, 15) is 4.39 Å². The Labute approximate surface area is 182 Å². The first-order chi connectivity index (χ1) is 15.1. The van der Waals surface area contributed by atoms with Crippen LogP contribution >= 0.6 is 11.6 Å². The third kappa shape index (κ3) is 3.39. The second kappa shape index (κ2) is 7.82. The van der Waals surface area contributed by atoms with E-state index in [2.05, 4.69) is 24.6 Å². The third-order valence-electron chi connectivity index (χ3n) is 5.46. The monoisotopic (exact) mass is 442 g/mol. The van der Waals surface area contributed by atoms with E-state index >= 15 is 0 Å². The number of fused-ring (bicyclic) bond motifs is 1. The first-order valence-corrected chi connectivity index (χ1v) is 10.1. The van der Waals surface area contributed by atoms with Gasteiger partial charge < -0.3 is 18.9 Å². The molecule has 0 unspecified atom stereocenters. The molecule has 8 nitrogen and oxygen atoms in total. The van der Waals surface area contributed by atoms with Gasteiger partial charge in [0, 0.05) is 37.8 Å². The molecule has 4 aromatic rings. The van der Waals surface area contributed by atoms with Crippen LogP contribution in [-0.4, -0.2) is 51.6 Å². The van der Waals surface area contributed by atoms with Gasteiger partial charge in [-0.2, -0.15) is 0 Å². The average molecular weight is 443 g/mol. The Morgan fingerprint density at radius 3 is 2.71 bits per heavy atom. The zero-order chi connectivity index (χ0) is 21.5. The molecule has 1 aromatic carbocycles. The van der Waals surface area contributed by atoms with E-state index in [-0.39, 0.29) is 11.9 Å². The molecular weight excluding hydrogens is 423 g/mol. The van der Waals surface area contributed by atoms with Crippen LogP contribution in [0.1, 0.15) is 11.9 Å². The van der Waals surface area contributed by atoms with Crippen molar-refractivity contribution in [3.63, 3.8) is 0 Å². The second-order valence-corrected chi connectivity index (χ2v) is 7.76. The van der Waals surface area contributed by atoms with Gasteiger partial charge >= 0.3 is 0 Å². The van der Waals surface area contributed by atoms with Crippen LogP contribution in [0.3, 0.4) is 0 Å². The fraction of sp³-hybridized carbons (Fsp3) is 0.286. The molecule has 0 bridgehead atoms. The predicted octanol–water partition coefficient (Wildman–Crippen LogP) is 3.63. The fourth-order valence-corrected chi connectivity index (χ4v) is 4.16. The van der Waals surface area contributed by atoms with Crippen LogP contribution in [0.15, 0.2) is 42.7 Å². The third-order valence-corrected chi connectivity index (χ3v) is 5.76. The topological polar surface area (TPSA) is 70.2 Å². The van der Waals surface area contributed by atoms with Gasteiger partial charge in [-0.15, -0.1) is 10.2 Å². The van der Waals surface area contributed by atoms with Gasteiger partial charge in [-0.25, -0.2) is 9.37 Å². The summed E-state index contributed by atoms with van der Waals surface area (Å²) in [5.41, 5.74) is 1.73. The molecule has 0 spiro atoms. The summed E-state index contributed by atoms with van der Waals surface area (Å²) in [5.74, 6) is 1.62. The molecule has 31 heavy (non-hydrogen) atoms. The Morgan fingerprint density at radius 2 is 2.00 bits per heavy atom. The number of hydrogen-bond acceptors (Lipinski definition) is 6. The number of halogens is 2. The molecule has 1 fully saturated rings. The van der Waals surface area contributed by atoms with Crippen LogP contribution in [0.25, 0.3) is 16.6 Å². The van der Waals surface area contributed by atoms with Crippen molar-refractivity contribution in [2.75, 3.05) is 32.2 Å². The Hall–Kier alpha value is -3.17. The molecule has 160 valence electrons. The van der Waals surface area contributed by atoms with E-state index < -0.39 is 0 Å². The van der Waals surface area contributed by atoms with Gasteiger partial charge in [0.05, 0.1) is 35.6 Å². The minimum atomic E-state index is -0.297. The minimum Gasteiger partial charge on any atom is -0.481 e. The standard InChI is InChI=1S/C21H20ClFN6O2/c1-30-12-19-25-26-21(29(19)14-4-6-20(31-2)24-8-14)27-9-15(10-27)28-11-17(22)16-7-13(23)3-5-18(16)28/h3-8,11,15H,9-10,12H2,1-2H3. The average Bonchev–Trinajstić information content (AvgIpc) is 3.29. The Balaban J connectivity index is 1.44. The summed E-state index contributed by atoms with van der Waals surface area (Å²) >= 11 is 6.34. The summed E-state index contributed by atoms with van der Waals surface area (Å²) in [6, 6.07) is 8.57. The molecule has 0 atom stereocenters. The van der Waals surface area contributed by atoms with E-state index in [1.807, 2.05) is 16.8 Å². The fourth-order valence-electron chi connectivity index (χ4n) is 3.91. The Morgan fingerprint density at radius 1 is 1.16 bits per heavy atom. The molecular formula is C21H20ClFN6O2. The Kier molecular flexibility index (Phi) is 4.99. The number of benzene rings is 1. The number of rotatable bonds is 6. The van der Waals surface area contributed by atoms with Crippen molar-refractivity contribution < 1.29 is 13.9 Å². The van der Waals surface area contributed by atoms with E-state index in [0.29, 0.717) is 42.4 Å². The molecule has 1 aliphatic rings. The zero-order valence-electron chi connectivity index (χ0n) is 17.0. The molecule has 0 radical (unpaired) electrons. The lowest BCUT2D eigenvalue weighted by molar-refractivity contribution is 0.176. The number of hydrogen-bond donors (Lipinski definition) is 0. The molecule has 5 rings (SSSR count). The summed E-state index contributed by atoms with van der Waals surface area (Å²) in [5, 5.41) is 9.97. The van der Waals surface area contributed by atoms with Crippen molar-refractivity contribution >= 4 is 28.5 Å². The largest absolute Gasteiger partial charge is 0.481 e. The van der Waals surface area contributed by atoms with Crippen molar-refractivity contribution in [3.8, 4) is 11.6 Å². The van der Waals surface area contributed by atoms with Crippen molar-refractivity contribution in [2.24, 2.45) is 0 Å². The van der Waals surface area contributed by atoms with E-state index in [4.69, 9.17) is 21.1 Å². The van der Waals surface area contributed by atoms with Crippen LogP contribution < -0.4 is 9.64 Å². The number of methoxy groups -OCH3 is 2. The maximum Gasteiger partial charge on any atom is 0.232 e. The number of aromatic nitrogens is 5. The summed E-state index contributed by atoms with van der Waals surface area (Å²) in [6.07, 6.45) is 3.58. The quantitative estimate of drug-likeness (QED) is 0.454. The van der Waals surface area contributed by atoms with Crippen molar-refractivity contribution in [2.45, 2.75) is 12.6 Å². The normalized spacial score (nSPS) is 14.3. The Bertz CT molecular complexity index is 1230. The highest BCUT2D eigenvalue weighted by Crippen LogP contribution is 2.35. The SMILES string of the molecule is COCc1nnc(N2CC(n3cc(Cl)c4cc(F)ccc43)C2)n1-c1ccc(OC)nc1. The van der Waals surface area contributed by atoms with Gasteiger partial charge in [-0.1, -0.05) is 11.6 Å². The molecule has 0 amide bonds. The van der Waals surface area contributed by atoms with Gasteiger partial charge in [0.25, 0.3) is 0 Å². The lowest BCUT2D eigenvalue weighted by atomic mass is 10.1. The van der Waals surface area contributed by atoms with Gasteiger partial charge in [-0.05, 0) is 24.3 Å². The summed E-state index contributed by atoms with van der Waals surface area (Å²) < 4.78 is 28.1. The molecule has 0 saturated carbocycles. The lowest BCUT2D eigenvalue weighted by Crippen LogP contribution is -2.48. The van der Waals surface area contributed by atoms with Gasteiger partial charge in [0.1, 0.15) is 12.4 Å². The summed E-state index contributed by atoms with van der Waals surface area (Å²) in [7, 11) is 3.20. The van der Waals surface area contributed by atoms with Crippen molar-refractivity contribution in [3.05, 3.63) is 59.4 Å². The number of nitrogens with zero attached hydrogens (tertiary/aromatic N) is 6. The van der Waals surface area contributed by atoms with Crippen molar-refractivity contribution in [1.82, 2.24) is 24.3 Å². The van der Waals surface area contributed by atoms with Crippen LogP contribution in [0.4, 0.5) is 10.3 Å². The maximum absolute atomic E-state index is 13.6. The van der Waals surface area contributed by atoms with Gasteiger partial charge in [0.15, 0.2) is 5.82 Å². The first-order valence-electron chi connectivity index (χ1n) is 9.73. The minimum absolute atomic E-state index is 0.186. The van der Waals surface area contributed by atoms with E-state index in [1.165, 1.54) is 12.1 Å². The molecule has 0 aliphatic carbocycles. The van der Waals surface area contributed by atoms with Crippen LogP contribution in [0.2, 0.25) is 5.02 Å². The maximum atomic E-state index is 13.6.